The molecule has 0 radical (unpaired) electrons. The zero-order valence-corrected chi connectivity index (χ0v) is 11.0. The molecule has 3 nitrogen and oxygen atoms in total. The molecule has 0 aromatic carbocycles. The van der Waals surface area contributed by atoms with Crippen molar-refractivity contribution in [3.63, 3.8) is 0 Å². The van der Waals surface area contributed by atoms with E-state index >= 15 is 0 Å². The molecule has 0 rings (SSSR count). The first-order valence-corrected chi connectivity index (χ1v) is 6.18. The van der Waals surface area contributed by atoms with Crippen LogP contribution in [0.5, 0.6) is 0 Å². The minimum absolute atomic E-state index is 0.0263. The molecular formula is C12H28N2O. The Hall–Kier alpha value is -0.570. The molecule has 0 saturated carbocycles. The van der Waals surface area contributed by atoms with Crippen molar-refractivity contribution >= 4 is 5.91 Å². The van der Waals surface area contributed by atoms with Gasteiger partial charge in [-0.05, 0) is 19.8 Å². The molecule has 0 unspecified atom stereocenters. The Morgan fingerprint density at radius 1 is 1.27 bits per heavy atom. The molecule has 0 spiro atoms. The zero-order valence-electron chi connectivity index (χ0n) is 11.0. The quantitative estimate of drug-likeness (QED) is 0.741. The highest BCUT2D eigenvalue weighted by Gasteiger charge is 2.13. The maximum absolute atomic E-state index is 11.6. The number of hydrogen-bond donors (Lipinski definition) is 1. The summed E-state index contributed by atoms with van der Waals surface area (Å²) in [5, 5.41) is 0. The lowest BCUT2D eigenvalue weighted by atomic mass is 10.1. The second kappa shape index (κ2) is 11.5. The maximum Gasteiger partial charge on any atom is 0.224 e. The molecule has 0 aliphatic heterocycles. The van der Waals surface area contributed by atoms with E-state index in [9.17, 15) is 4.79 Å². The molecule has 0 aromatic heterocycles. The van der Waals surface area contributed by atoms with E-state index in [0.29, 0.717) is 6.42 Å². The van der Waals surface area contributed by atoms with Crippen molar-refractivity contribution in [2.24, 2.45) is 5.73 Å². The van der Waals surface area contributed by atoms with Gasteiger partial charge in [-0.15, -0.1) is 0 Å². The highest BCUT2D eigenvalue weighted by atomic mass is 16.2. The van der Waals surface area contributed by atoms with Gasteiger partial charge in [-0.3, -0.25) is 4.79 Å². The third-order valence-corrected chi connectivity index (χ3v) is 2.19. The minimum atomic E-state index is 0.0263. The summed E-state index contributed by atoms with van der Waals surface area (Å²) in [5.41, 5.74) is 5.72. The fourth-order valence-corrected chi connectivity index (χ4v) is 1.23. The molecule has 0 bridgehead atoms. The molecule has 0 fully saturated rings. The lowest BCUT2D eigenvalue weighted by molar-refractivity contribution is -0.131. The topological polar surface area (TPSA) is 46.3 Å². The molecule has 15 heavy (non-hydrogen) atoms. The van der Waals surface area contributed by atoms with Crippen molar-refractivity contribution in [3.05, 3.63) is 0 Å². The lowest BCUT2D eigenvalue weighted by Gasteiger charge is -2.21. The Balaban J connectivity index is 0. The van der Waals surface area contributed by atoms with E-state index in [0.717, 1.165) is 25.9 Å². The number of nitrogens with two attached hydrogens (primary N) is 1. The molecule has 2 N–H and O–H groups in total. The summed E-state index contributed by atoms with van der Waals surface area (Å²) in [6.45, 7) is 11.7. The third-order valence-electron chi connectivity index (χ3n) is 2.19. The SMILES string of the molecule is CC.CCCN(CC)C(=O)C[C@H](N)CC. The normalized spacial score (nSPS) is 11.3. The highest BCUT2D eigenvalue weighted by molar-refractivity contribution is 5.76. The summed E-state index contributed by atoms with van der Waals surface area (Å²) in [6, 6.07) is 0.0263. The second-order valence-electron chi connectivity index (χ2n) is 3.35. The van der Waals surface area contributed by atoms with Crippen LogP contribution in [-0.2, 0) is 4.79 Å². The molecule has 0 aliphatic rings. The van der Waals surface area contributed by atoms with Crippen molar-refractivity contribution in [1.82, 2.24) is 4.90 Å². The maximum atomic E-state index is 11.6. The van der Waals surface area contributed by atoms with Gasteiger partial charge in [-0.2, -0.15) is 0 Å². The monoisotopic (exact) mass is 216 g/mol. The molecule has 0 heterocycles. The van der Waals surface area contributed by atoms with Crippen LogP contribution >= 0.6 is 0 Å². The third kappa shape index (κ3) is 8.43. The van der Waals surface area contributed by atoms with Crippen LogP contribution in [0.15, 0.2) is 0 Å². The van der Waals surface area contributed by atoms with Crippen molar-refractivity contribution in [2.45, 2.75) is 59.9 Å². The standard InChI is InChI=1S/C10H22N2O.C2H6/c1-4-7-12(6-3)10(13)8-9(11)5-2;1-2/h9H,4-8,11H2,1-3H3;1-2H3/t9-;/m1./s1. The van der Waals surface area contributed by atoms with Crippen LogP contribution in [0.25, 0.3) is 0 Å². The largest absolute Gasteiger partial charge is 0.343 e. The van der Waals surface area contributed by atoms with Crippen molar-refractivity contribution in [3.8, 4) is 0 Å². The first-order valence-electron chi connectivity index (χ1n) is 6.18. The van der Waals surface area contributed by atoms with Crippen LogP contribution in [0.2, 0.25) is 0 Å². The van der Waals surface area contributed by atoms with Crippen molar-refractivity contribution < 1.29 is 4.79 Å². The summed E-state index contributed by atoms with van der Waals surface area (Å²) in [6.07, 6.45) is 2.38. The van der Waals surface area contributed by atoms with Crippen LogP contribution in [0, 0.1) is 0 Å². The molecule has 3 heteroatoms. The molecule has 1 amide bonds. The number of amides is 1. The van der Waals surface area contributed by atoms with E-state index in [1.54, 1.807) is 0 Å². The Kier molecular flexibility index (Phi) is 12.9. The van der Waals surface area contributed by atoms with Gasteiger partial charge >= 0.3 is 0 Å². The minimum Gasteiger partial charge on any atom is -0.343 e. The Morgan fingerprint density at radius 3 is 2.13 bits per heavy atom. The van der Waals surface area contributed by atoms with Gasteiger partial charge in [0, 0.05) is 25.6 Å². The molecule has 0 saturated heterocycles. The van der Waals surface area contributed by atoms with Crippen LogP contribution in [0.3, 0.4) is 0 Å². The van der Waals surface area contributed by atoms with Crippen molar-refractivity contribution in [1.29, 1.82) is 0 Å². The summed E-state index contributed by atoms with van der Waals surface area (Å²) in [7, 11) is 0. The van der Waals surface area contributed by atoms with Gasteiger partial charge in [0.05, 0.1) is 0 Å². The Morgan fingerprint density at radius 2 is 1.80 bits per heavy atom. The van der Waals surface area contributed by atoms with Gasteiger partial charge in [0.15, 0.2) is 0 Å². The summed E-state index contributed by atoms with van der Waals surface area (Å²) >= 11 is 0. The van der Waals surface area contributed by atoms with Crippen LogP contribution < -0.4 is 5.73 Å². The Bertz CT molecular complexity index is 149. The van der Waals surface area contributed by atoms with Gasteiger partial charge < -0.3 is 10.6 Å². The first kappa shape index (κ1) is 16.8. The number of carbonyl (C=O) groups is 1. The highest BCUT2D eigenvalue weighted by Crippen LogP contribution is 2.00. The molecule has 0 aromatic rings. The summed E-state index contributed by atoms with van der Waals surface area (Å²) < 4.78 is 0. The lowest BCUT2D eigenvalue weighted by Crippen LogP contribution is -2.36. The van der Waals surface area contributed by atoms with Gasteiger partial charge in [-0.25, -0.2) is 0 Å². The first-order chi connectivity index (χ1) is 7.15. The average Bonchev–Trinajstić information content (AvgIpc) is 2.28. The number of nitrogens with zero attached hydrogens (tertiary/aromatic N) is 1. The van der Waals surface area contributed by atoms with E-state index in [-0.39, 0.29) is 11.9 Å². The fraction of sp³-hybridized carbons (Fsp3) is 0.917. The van der Waals surface area contributed by atoms with Crippen LogP contribution in [0.4, 0.5) is 0 Å². The zero-order chi connectivity index (χ0) is 12.3. The van der Waals surface area contributed by atoms with E-state index in [1.807, 2.05) is 32.6 Å². The molecule has 92 valence electrons. The molecule has 1 atom stereocenters. The van der Waals surface area contributed by atoms with E-state index < -0.39 is 0 Å². The Labute approximate surface area is 95.0 Å². The number of rotatable bonds is 6. The van der Waals surface area contributed by atoms with E-state index in [1.165, 1.54) is 0 Å². The second-order valence-corrected chi connectivity index (χ2v) is 3.35. The fourth-order valence-electron chi connectivity index (χ4n) is 1.23. The van der Waals surface area contributed by atoms with Crippen molar-refractivity contribution in [2.75, 3.05) is 13.1 Å². The number of carbonyl (C=O) groups excluding carboxylic acids is 1. The van der Waals surface area contributed by atoms with E-state index in [4.69, 9.17) is 5.73 Å². The van der Waals surface area contributed by atoms with Gasteiger partial charge in [0.25, 0.3) is 0 Å². The predicted molar refractivity (Wildman–Crippen MR) is 66.8 cm³/mol. The van der Waals surface area contributed by atoms with Gasteiger partial charge in [0.2, 0.25) is 5.91 Å². The summed E-state index contributed by atoms with van der Waals surface area (Å²) in [5.74, 6) is 0.193. The summed E-state index contributed by atoms with van der Waals surface area (Å²) in [4.78, 5) is 13.4. The van der Waals surface area contributed by atoms with Gasteiger partial charge in [0.1, 0.15) is 0 Å². The average molecular weight is 216 g/mol. The van der Waals surface area contributed by atoms with Crippen LogP contribution in [-0.4, -0.2) is 29.9 Å². The van der Waals surface area contributed by atoms with E-state index in [2.05, 4.69) is 6.92 Å². The van der Waals surface area contributed by atoms with Crippen LogP contribution in [0.1, 0.15) is 53.9 Å². The number of hydrogen-bond acceptors (Lipinski definition) is 2. The molecular weight excluding hydrogens is 188 g/mol. The van der Waals surface area contributed by atoms with Gasteiger partial charge in [-0.1, -0.05) is 27.7 Å². The smallest absolute Gasteiger partial charge is 0.224 e. The predicted octanol–water partition coefficient (Wildman–Crippen LogP) is 2.40. The molecule has 0 aliphatic carbocycles.